The van der Waals surface area contributed by atoms with Crippen LogP contribution in [0.1, 0.15) is 10.5 Å². The molecule has 2 heterocycles. The van der Waals surface area contributed by atoms with Gasteiger partial charge in [0, 0.05) is 26.2 Å². The smallest absolute Gasteiger partial charge is 0.267 e. The van der Waals surface area contributed by atoms with E-state index in [0.29, 0.717) is 18.9 Å². The van der Waals surface area contributed by atoms with E-state index in [-0.39, 0.29) is 23.6 Å². The molecule has 1 aromatic rings. The van der Waals surface area contributed by atoms with E-state index in [4.69, 9.17) is 4.74 Å². The largest absolute Gasteiger partial charge is 0.379 e. The van der Waals surface area contributed by atoms with E-state index in [2.05, 4.69) is 10.3 Å². The highest BCUT2D eigenvalue weighted by atomic mass is 32.2. The Labute approximate surface area is 118 Å². The average Bonchev–Trinajstić information content (AvgIpc) is 3.00. The van der Waals surface area contributed by atoms with Gasteiger partial charge in [-0.15, -0.1) is 0 Å². The third-order valence-electron chi connectivity index (χ3n) is 3.34. The fourth-order valence-corrected chi connectivity index (χ4v) is 3.23. The first-order valence-corrected chi connectivity index (χ1v) is 7.93. The summed E-state index contributed by atoms with van der Waals surface area (Å²) in [5.74, 6) is -0.519. The van der Waals surface area contributed by atoms with Crippen molar-refractivity contribution in [2.75, 3.05) is 33.1 Å². The lowest BCUT2D eigenvalue weighted by atomic mass is 10.1. The molecule has 1 amide bonds. The molecule has 20 heavy (non-hydrogen) atoms. The third kappa shape index (κ3) is 3.38. The second-order valence-electron chi connectivity index (χ2n) is 5.02. The topological polar surface area (TPSA) is 91.5 Å². The van der Waals surface area contributed by atoms with Gasteiger partial charge < -0.3 is 15.0 Å². The Morgan fingerprint density at radius 1 is 1.50 bits per heavy atom. The lowest BCUT2D eigenvalue weighted by Gasteiger charge is -2.20. The second kappa shape index (κ2) is 5.94. The van der Waals surface area contributed by atoms with Gasteiger partial charge in [-0.2, -0.15) is 0 Å². The Balaban J connectivity index is 1.99. The Kier molecular flexibility index (Phi) is 4.46. The molecule has 2 rings (SSSR count). The number of sulfonamides is 1. The van der Waals surface area contributed by atoms with Crippen LogP contribution in [0.4, 0.5) is 0 Å². The molecule has 0 aliphatic carbocycles. The Morgan fingerprint density at radius 3 is 2.85 bits per heavy atom. The molecule has 0 aromatic carbocycles. The molecule has 1 aliphatic heterocycles. The maximum atomic E-state index is 11.9. The van der Waals surface area contributed by atoms with E-state index >= 15 is 0 Å². The van der Waals surface area contributed by atoms with E-state index in [1.807, 2.05) is 0 Å². The minimum atomic E-state index is -3.31. The number of nitrogens with zero attached hydrogens (tertiary/aromatic N) is 1. The summed E-state index contributed by atoms with van der Waals surface area (Å²) in [5.41, 5.74) is 0.450. The van der Waals surface area contributed by atoms with Crippen molar-refractivity contribution in [3.63, 3.8) is 0 Å². The molecule has 2 atom stereocenters. The van der Waals surface area contributed by atoms with Crippen molar-refractivity contribution in [2.45, 2.75) is 6.04 Å². The zero-order chi connectivity index (χ0) is 14.8. The lowest BCUT2D eigenvalue weighted by Crippen LogP contribution is -2.43. The van der Waals surface area contributed by atoms with Gasteiger partial charge in [0.15, 0.2) is 0 Å². The fraction of sp³-hybridized carbons (Fsp3) is 0.583. The molecule has 0 spiro atoms. The summed E-state index contributed by atoms with van der Waals surface area (Å²) in [6, 6.07) is 3.10. The summed E-state index contributed by atoms with van der Waals surface area (Å²) in [5, 5.41) is 2.81. The van der Waals surface area contributed by atoms with Crippen molar-refractivity contribution in [1.82, 2.24) is 14.6 Å². The summed E-state index contributed by atoms with van der Waals surface area (Å²) in [7, 11) is -0.315. The molecule has 7 nitrogen and oxygen atoms in total. The Bertz CT molecular complexity index is 553. The van der Waals surface area contributed by atoms with Gasteiger partial charge in [0.2, 0.25) is 10.0 Å². The summed E-state index contributed by atoms with van der Waals surface area (Å²) in [6.45, 7) is 0.669. The van der Waals surface area contributed by atoms with Crippen LogP contribution >= 0.6 is 0 Å². The van der Waals surface area contributed by atoms with Crippen molar-refractivity contribution < 1.29 is 17.9 Å². The minimum absolute atomic E-state index is 0.0321. The number of hydrogen-bond acceptors (Lipinski definition) is 4. The van der Waals surface area contributed by atoms with Gasteiger partial charge in [0.25, 0.3) is 5.91 Å². The number of aromatic amines is 1. The molecule has 1 aromatic heterocycles. The molecular formula is C12H19N3O4S. The number of carbonyl (C=O) groups excluding carboxylic acids is 1. The number of rotatable bonds is 5. The molecule has 0 radical (unpaired) electrons. The van der Waals surface area contributed by atoms with E-state index in [1.165, 1.54) is 18.4 Å². The van der Waals surface area contributed by atoms with Gasteiger partial charge in [0.1, 0.15) is 5.69 Å². The first-order chi connectivity index (χ1) is 9.40. The number of nitrogens with one attached hydrogen (secondary N) is 2. The molecular weight excluding hydrogens is 282 g/mol. The number of H-pyrrole nitrogens is 1. The maximum Gasteiger partial charge on any atom is 0.267 e. The van der Waals surface area contributed by atoms with E-state index in [9.17, 15) is 13.2 Å². The van der Waals surface area contributed by atoms with Crippen molar-refractivity contribution in [3.05, 3.63) is 24.0 Å². The van der Waals surface area contributed by atoms with Gasteiger partial charge >= 0.3 is 0 Å². The van der Waals surface area contributed by atoms with E-state index < -0.39 is 10.0 Å². The third-order valence-corrected chi connectivity index (χ3v) is 5.30. The number of ether oxygens (including phenoxy) is 1. The maximum absolute atomic E-state index is 11.9. The zero-order valence-corrected chi connectivity index (χ0v) is 12.3. The highest BCUT2D eigenvalue weighted by molar-refractivity contribution is 7.89. The predicted octanol–water partition coefficient (Wildman–Crippen LogP) is -0.349. The first-order valence-electron chi connectivity index (χ1n) is 6.32. The van der Waals surface area contributed by atoms with Crippen LogP contribution in [0.2, 0.25) is 0 Å². The average molecular weight is 301 g/mol. The molecule has 0 unspecified atom stereocenters. The van der Waals surface area contributed by atoms with Gasteiger partial charge in [-0.3, -0.25) is 4.79 Å². The highest BCUT2D eigenvalue weighted by Gasteiger charge is 2.34. The van der Waals surface area contributed by atoms with Crippen LogP contribution in [0.15, 0.2) is 18.3 Å². The van der Waals surface area contributed by atoms with Crippen molar-refractivity contribution in [3.8, 4) is 0 Å². The molecule has 1 aliphatic rings. The number of aromatic nitrogens is 1. The number of amides is 1. The molecule has 112 valence electrons. The van der Waals surface area contributed by atoms with Crippen LogP contribution in [0.3, 0.4) is 0 Å². The van der Waals surface area contributed by atoms with E-state index in [0.717, 1.165) is 0 Å². The zero-order valence-electron chi connectivity index (χ0n) is 11.5. The summed E-state index contributed by atoms with van der Waals surface area (Å²) < 4.78 is 30.3. The summed E-state index contributed by atoms with van der Waals surface area (Å²) in [6.07, 6.45) is 1.66. The Hall–Kier alpha value is -1.38. The van der Waals surface area contributed by atoms with Gasteiger partial charge in [-0.25, -0.2) is 12.7 Å². The summed E-state index contributed by atoms with van der Waals surface area (Å²) in [4.78, 5) is 14.8. The van der Waals surface area contributed by atoms with Crippen molar-refractivity contribution >= 4 is 15.9 Å². The highest BCUT2D eigenvalue weighted by Crippen LogP contribution is 2.17. The molecule has 2 N–H and O–H groups in total. The number of carbonyl (C=O) groups is 1. The van der Waals surface area contributed by atoms with Gasteiger partial charge in [-0.05, 0) is 12.1 Å². The second-order valence-corrected chi connectivity index (χ2v) is 7.25. The van der Waals surface area contributed by atoms with Crippen LogP contribution in [0.25, 0.3) is 0 Å². The molecule has 1 fully saturated rings. The SMILES string of the molecule is CN(C)S(=O)(=O)C[C@@H]1COC[C@@H]1NC(=O)c1ccc[nH]1. The van der Waals surface area contributed by atoms with Gasteiger partial charge in [0.05, 0.1) is 25.0 Å². The monoisotopic (exact) mass is 301 g/mol. The fourth-order valence-electron chi connectivity index (χ4n) is 2.06. The predicted molar refractivity (Wildman–Crippen MR) is 73.8 cm³/mol. The van der Waals surface area contributed by atoms with Crippen molar-refractivity contribution in [1.29, 1.82) is 0 Å². The normalized spacial score (nSPS) is 23.1. The summed E-state index contributed by atoms with van der Waals surface area (Å²) >= 11 is 0. The lowest BCUT2D eigenvalue weighted by molar-refractivity contribution is 0.0921. The van der Waals surface area contributed by atoms with Crippen LogP contribution < -0.4 is 5.32 Å². The van der Waals surface area contributed by atoms with Gasteiger partial charge in [-0.1, -0.05) is 0 Å². The van der Waals surface area contributed by atoms with Crippen molar-refractivity contribution in [2.24, 2.45) is 5.92 Å². The molecule has 8 heteroatoms. The molecule has 0 bridgehead atoms. The standard InChI is InChI=1S/C12H19N3O4S/c1-15(2)20(17,18)8-9-6-19-7-11(9)14-12(16)10-4-3-5-13-10/h3-5,9,11,13H,6-8H2,1-2H3,(H,14,16)/t9-,11-/m0/s1. The molecule has 0 saturated carbocycles. The van der Waals surface area contributed by atoms with Crippen LogP contribution in [-0.4, -0.2) is 62.7 Å². The molecule has 1 saturated heterocycles. The quantitative estimate of drug-likeness (QED) is 0.778. The van der Waals surface area contributed by atoms with E-state index in [1.54, 1.807) is 18.3 Å². The Morgan fingerprint density at radius 2 is 2.25 bits per heavy atom. The minimum Gasteiger partial charge on any atom is -0.379 e. The van der Waals surface area contributed by atoms with Crippen LogP contribution in [0.5, 0.6) is 0 Å². The van der Waals surface area contributed by atoms with Crippen LogP contribution in [0, 0.1) is 5.92 Å². The number of hydrogen-bond donors (Lipinski definition) is 2. The first kappa shape index (κ1) is 15.0. The van der Waals surface area contributed by atoms with Crippen LogP contribution in [-0.2, 0) is 14.8 Å².